The number of methoxy groups -OCH3 is 3. The van der Waals surface area contributed by atoms with Gasteiger partial charge in [-0.15, -0.1) is 0 Å². The molecule has 0 spiro atoms. The Kier molecular flexibility index (Phi) is 14.9. The Morgan fingerprint density at radius 1 is 0.482 bits per heavy atom. The molecule has 0 radical (unpaired) electrons. The summed E-state index contributed by atoms with van der Waals surface area (Å²) in [5.74, 6) is 1.80. The van der Waals surface area contributed by atoms with E-state index in [1.165, 1.54) is 0 Å². The van der Waals surface area contributed by atoms with Crippen molar-refractivity contribution < 1.29 is 52.3 Å². The van der Waals surface area contributed by atoms with Gasteiger partial charge in [-0.25, -0.2) is 29.0 Å². The lowest BCUT2D eigenvalue weighted by Gasteiger charge is -2.35. The van der Waals surface area contributed by atoms with Crippen LogP contribution in [0.5, 0.6) is 17.2 Å². The molecular weight excluding hydrogens is 720 g/mol. The minimum Gasteiger partial charge on any atom is -0.497 e. The second kappa shape index (κ2) is 20.4. The largest absolute Gasteiger partial charge is 0.497 e. The average molecular weight is 769 g/mol. The van der Waals surface area contributed by atoms with E-state index in [2.05, 4.69) is 0 Å². The Morgan fingerprint density at radius 3 is 1.14 bits per heavy atom. The molecule has 0 N–H and O–H groups in total. The van der Waals surface area contributed by atoms with E-state index in [4.69, 9.17) is 33.2 Å². The predicted molar refractivity (Wildman–Crippen MR) is 205 cm³/mol. The quantitative estimate of drug-likeness (QED) is 0.114. The van der Waals surface area contributed by atoms with Crippen molar-refractivity contribution >= 4 is 24.4 Å². The molecule has 4 amide bonds. The van der Waals surface area contributed by atoms with Crippen molar-refractivity contribution in [3.05, 3.63) is 125 Å². The standard InChI is InChI=1S/C43H48N2O11/c1-30-5-7-32(8-6-30)28-55-42(48)45(43(49)56-29-35-15-23-39(52-4)24-16-35)36-17-9-31(10-18-36)25-44(40(46)53-26-33-11-19-37(50-2)20-12-33)41(47)54-27-34-13-21-38(51-3)22-14-34/h5-8,11-16,19-24,31,36H,9-10,17-18,25-29H2,1-4H3. The van der Waals surface area contributed by atoms with E-state index < -0.39 is 30.4 Å². The lowest BCUT2D eigenvalue weighted by Crippen LogP contribution is -2.48. The lowest BCUT2D eigenvalue weighted by molar-refractivity contribution is 0.0427. The number of aryl methyl sites for hydroxylation is 1. The number of carbonyl (C=O) groups excluding carboxylic acids is 4. The van der Waals surface area contributed by atoms with Crippen LogP contribution in [0.15, 0.2) is 97.1 Å². The van der Waals surface area contributed by atoms with Crippen LogP contribution in [0.2, 0.25) is 0 Å². The number of imide groups is 2. The Bertz CT molecular complexity index is 1810. The van der Waals surface area contributed by atoms with Gasteiger partial charge in [0.25, 0.3) is 0 Å². The van der Waals surface area contributed by atoms with Crippen molar-refractivity contribution in [2.45, 2.75) is 65.1 Å². The van der Waals surface area contributed by atoms with E-state index in [0.29, 0.717) is 59.6 Å². The number of ether oxygens (including phenoxy) is 7. The average Bonchev–Trinajstić information content (AvgIpc) is 3.24. The molecule has 1 aliphatic rings. The van der Waals surface area contributed by atoms with Gasteiger partial charge in [-0.1, -0.05) is 66.2 Å². The highest BCUT2D eigenvalue weighted by Crippen LogP contribution is 2.30. The second-order valence-electron chi connectivity index (χ2n) is 13.4. The number of hydrogen-bond donors (Lipinski definition) is 0. The van der Waals surface area contributed by atoms with Gasteiger partial charge in [0, 0.05) is 12.6 Å². The van der Waals surface area contributed by atoms with Crippen LogP contribution in [-0.4, -0.2) is 68.1 Å². The monoisotopic (exact) mass is 768 g/mol. The summed E-state index contributed by atoms with van der Waals surface area (Å²) in [6, 6.07) is 28.1. The van der Waals surface area contributed by atoms with Gasteiger partial charge in [0.05, 0.1) is 21.3 Å². The first kappa shape index (κ1) is 40.9. The number of rotatable bonds is 14. The molecule has 296 valence electrons. The van der Waals surface area contributed by atoms with Crippen molar-refractivity contribution in [1.29, 1.82) is 0 Å². The maximum Gasteiger partial charge on any atom is 0.419 e. The molecule has 4 aromatic rings. The van der Waals surface area contributed by atoms with Crippen molar-refractivity contribution in [1.82, 2.24) is 9.80 Å². The number of nitrogens with zero attached hydrogens (tertiary/aromatic N) is 2. The van der Waals surface area contributed by atoms with Crippen molar-refractivity contribution in [3.8, 4) is 17.2 Å². The van der Waals surface area contributed by atoms with Gasteiger partial charge in [-0.2, -0.15) is 0 Å². The van der Waals surface area contributed by atoms with Crippen molar-refractivity contribution in [3.63, 3.8) is 0 Å². The Morgan fingerprint density at radius 2 is 0.804 bits per heavy atom. The highest BCUT2D eigenvalue weighted by molar-refractivity contribution is 5.88. The number of carbonyl (C=O) groups is 4. The molecular formula is C43H48N2O11. The zero-order valence-electron chi connectivity index (χ0n) is 32.1. The lowest BCUT2D eigenvalue weighted by atomic mass is 9.85. The first-order chi connectivity index (χ1) is 27.1. The van der Waals surface area contributed by atoms with E-state index in [9.17, 15) is 19.2 Å². The second-order valence-corrected chi connectivity index (χ2v) is 13.4. The maximum atomic E-state index is 13.6. The summed E-state index contributed by atoms with van der Waals surface area (Å²) in [6.45, 7) is 1.74. The van der Waals surface area contributed by atoms with Crippen molar-refractivity contribution in [2.75, 3.05) is 27.9 Å². The molecule has 0 aromatic heterocycles. The first-order valence-electron chi connectivity index (χ1n) is 18.3. The van der Waals surface area contributed by atoms with Gasteiger partial charge in [0.2, 0.25) is 0 Å². The van der Waals surface area contributed by atoms with Crippen LogP contribution in [0.3, 0.4) is 0 Å². The highest BCUT2D eigenvalue weighted by atomic mass is 16.6. The smallest absolute Gasteiger partial charge is 0.419 e. The molecule has 0 unspecified atom stereocenters. The van der Waals surface area contributed by atoms with Gasteiger partial charge in [0.1, 0.15) is 43.7 Å². The van der Waals surface area contributed by atoms with Crippen LogP contribution in [0, 0.1) is 12.8 Å². The van der Waals surface area contributed by atoms with E-state index in [-0.39, 0.29) is 38.9 Å². The zero-order valence-corrected chi connectivity index (χ0v) is 32.1. The molecule has 5 rings (SSSR count). The molecule has 1 saturated carbocycles. The third kappa shape index (κ3) is 11.9. The molecule has 1 aliphatic carbocycles. The fourth-order valence-corrected chi connectivity index (χ4v) is 6.16. The van der Waals surface area contributed by atoms with Crippen LogP contribution < -0.4 is 14.2 Å². The Labute approximate surface area is 326 Å². The Hall–Kier alpha value is -6.24. The van der Waals surface area contributed by atoms with Crippen LogP contribution in [-0.2, 0) is 45.4 Å². The van der Waals surface area contributed by atoms with E-state index in [1.54, 1.807) is 94.1 Å². The topological polar surface area (TPSA) is 139 Å². The zero-order chi connectivity index (χ0) is 39.9. The third-order valence-electron chi connectivity index (χ3n) is 9.50. The summed E-state index contributed by atoms with van der Waals surface area (Å²) < 4.78 is 38.0. The molecule has 56 heavy (non-hydrogen) atoms. The summed E-state index contributed by atoms with van der Waals surface area (Å²) in [4.78, 5) is 56.0. The molecule has 1 fully saturated rings. The maximum absolute atomic E-state index is 13.6. The molecule has 0 bridgehead atoms. The van der Waals surface area contributed by atoms with Crippen molar-refractivity contribution in [2.24, 2.45) is 5.92 Å². The van der Waals surface area contributed by atoms with E-state index >= 15 is 0 Å². The molecule has 0 heterocycles. The minimum absolute atomic E-state index is 0.00932. The summed E-state index contributed by atoms with van der Waals surface area (Å²) >= 11 is 0. The number of benzene rings is 4. The SMILES string of the molecule is COc1ccc(COC(=O)N(CC2CCC(N(C(=O)OCc3ccc(C)cc3)C(=O)OCc3ccc(OC)cc3)CC2)C(=O)OCc2ccc(OC)cc2)cc1. The van der Waals surface area contributed by atoms with Crippen LogP contribution >= 0.6 is 0 Å². The summed E-state index contributed by atoms with van der Waals surface area (Å²) in [6.07, 6.45) is -1.63. The fourth-order valence-electron chi connectivity index (χ4n) is 6.16. The van der Waals surface area contributed by atoms with Crippen LogP contribution in [0.1, 0.15) is 53.5 Å². The first-order valence-corrected chi connectivity index (χ1v) is 18.3. The van der Waals surface area contributed by atoms with Gasteiger partial charge >= 0.3 is 24.4 Å². The molecule has 0 atom stereocenters. The highest BCUT2D eigenvalue weighted by Gasteiger charge is 2.37. The summed E-state index contributed by atoms with van der Waals surface area (Å²) in [5, 5.41) is 0. The molecule has 13 heteroatoms. The Balaban J connectivity index is 1.24. The van der Waals surface area contributed by atoms with E-state index in [1.807, 2.05) is 31.2 Å². The summed E-state index contributed by atoms with van der Waals surface area (Å²) in [7, 11) is 4.68. The molecule has 13 nitrogen and oxygen atoms in total. The van der Waals surface area contributed by atoms with Gasteiger partial charge < -0.3 is 33.2 Å². The fraction of sp³-hybridized carbons (Fsp3) is 0.349. The molecule has 0 aliphatic heterocycles. The van der Waals surface area contributed by atoms with Crippen LogP contribution in [0.25, 0.3) is 0 Å². The third-order valence-corrected chi connectivity index (χ3v) is 9.50. The minimum atomic E-state index is -0.855. The molecule has 0 saturated heterocycles. The predicted octanol–water partition coefficient (Wildman–Crippen LogP) is 8.83. The summed E-state index contributed by atoms with van der Waals surface area (Å²) in [5.41, 5.74) is 3.97. The molecule has 4 aromatic carbocycles. The van der Waals surface area contributed by atoms with Gasteiger partial charge in [-0.05, 0) is 97.2 Å². The van der Waals surface area contributed by atoms with Crippen LogP contribution in [0.4, 0.5) is 19.2 Å². The van der Waals surface area contributed by atoms with Gasteiger partial charge in [-0.3, -0.25) is 0 Å². The van der Waals surface area contributed by atoms with Gasteiger partial charge in [0.15, 0.2) is 0 Å². The number of hydrogen-bond acceptors (Lipinski definition) is 11. The van der Waals surface area contributed by atoms with E-state index in [0.717, 1.165) is 20.9 Å². The normalized spacial score (nSPS) is 14.8. The number of amides is 4.